The lowest BCUT2D eigenvalue weighted by molar-refractivity contribution is 0.571. The van der Waals surface area contributed by atoms with Gasteiger partial charge in [-0.1, -0.05) is 9.41 Å². The summed E-state index contributed by atoms with van der Waals surface area (Å²) in [6.07, 6.45) is 3.59. The van der Waals surface area contributed by atoms with Crippen molar-refractivity contribution in [2.24, 2.45) is 4.36 Å². The number of hydrogen-bond acceptors (Lipinski definition) is 4. The van der Waals surface area contributed by atoms with E-state index in [0.717, 1.165) is 10.6 Å². The predicted octanol–water partition coefficient (Wildman–Crippen LogP) is 2.33. The van der Waals surface area contributed by atoms with Crippen molar-refractivity contribution in [1.82, 2.24) is 0 Å². The number of nitrogens with zero attached hydrogens (tertiary/aromatic N) is 1. The third-order valence-corrected chi connectivity index (χ3v) is 3.48. The van der Waals surface area contributed by atoms with Crippen molar-refractivity contribution < 1.29 is 4.79 Å². The zero-order valence-electron chi connectivity index (χ0n) is 6.77. The van der Waals surface area contributed by atoms with E-state index in [2.05, 4.69) is 17.0 Å². The first kappa shape index (κ1) is 9.86. The van der Waals surface area contributed by atoms with E-state index in [1.807, 2.05) is 16.0 Å². The second-order valence-corrected chi connectivity index (χ2v) is 6.71. The molecule has 0 saturated carbocycles. The lowest BCUT2D eigenvalue weighted by Gasteiger charge is -1.95. The minimum absolute atomic E-state index is 0.798. The molecule has 66 valence electrons. The summed E-state index contributed by atoms with van der Waals surface area (Å²) in [7, 11) is -1.59. The molecule has 0 saturated heterocycles. The van der Waals surface area contributed by atoms with Crippen molar-refractivity contribution in [2.45, 2.75) is 4.90 Å². The summed E-state index contributed by atoms with van der Waals surface area (Å²) in [5.74, 6) is 0. The molecule has 12 heavy (non-hydrogen) atoms. The highest BCUT2D eigenvalue weighted by Crippen LogP contribution is 2.27. The zero-order chi connectivity index (χ0) is 9.19. The Balaban J connectivity index is 3.31. The molecule has 0 aliphatic carbocycles. The SMILES string of the molecule is CS(C)(=C=O)=Nc1cscc1S. The maximum atomic E-state index is 10.5. The van der Waals surface area contributed by atoms with Crippen LogP contribution in [0.4, 0.5) is 5.69 Å². The van der Waals surface area contributed by atoms with Crippen LogP contribution in [0, 0.1) is 0 Å². The molecule has 0 atom stereocenters. The maximum Gasteiger partial charge on any atom is 0.166 e. The number of hydrogen-bond donors (Lipinski definition) is 1. The molecule has 5 heteroatoms. The molecule has 1 aromatic heterocycles. The molecule has 1 rings (SSSR count). The minimum Gasteiger partial charge on any atom is -0.226 e. The van der Waals surface area contributed by atoms with Gasteiger partial charge in [0.1, 0.15) is 0 Å². The van der Waals surface area contributed by atoms with Gasteiger partial charge in [0, 0.05) is 15.7 Å². The van der Waals surface area contributed by atoms with Crippen molar-refractivity contribution in [3.63, 3.8) is 0 Å². The first-order valence-corrected chi connectivity index (χ1v) is 6.95. The van der Waals surface area contributed by atoms with Gasteiger partial charge in [0.25, 0.3) is 0 Å². The summed E-state index contributed by atoms with van der Waals surface area (Å²) in [4.78, 5) is 11.3. The van der Waals surface area contributed by atoms with Gasteiger partial charge in [-0.2, -0.15) is 0 Å². The highest BCUT2D eigenvalue weighted by Gasteiger charge is 1.98. The van der Waals surface area contributed by atoms with E-state index >= 15 is 0 Å². The Bertz CT molecular complexity index is 412. The number of thiophene rings is 1. The Hall–Kier alpha value is -0.220. The number of thiol groups is 1. The fourth-order valence-electron chi connectivity index (χ4n) is 0.616. The first-order chi connectivity index (χ1) is 5.55. The molecule has 0 aliphatic heterocycles. The van der Waals surface area contributed by atoms with Gasteiger partial charge in [0.05, 0.1) is 5.69 Å². The Morgan fingerprint density at radius 1 is 1.58 bits per heavy atom. The summed E-state index contributed by atoms with van der Waals surface area (Å²) >= 11 is 5.73. The van der Waals surface area contributed by atoms with E-state index in [4.69, 9.17) is 0 Å². The van der Waals surface area contributed by atoms with Crippen molar-refractivity contribution in [3.05, 3.63) is 10.8 Å². The smallest absolute Gasteiger partial charge is 0.166 e. The van der Waals surface area contributed by atoms with E-state index in [1.165, 1.54) is 11.3 Å². The maximum absolute atomic E-state index is 10.5. The van der Waals surface area contributed by atoms with Crippen LogP contribution in [0.5, 0.6) is 0 Å². The normalized spacial score (nSPS) is 10.9. The van der Waals surface area contributed by atoms with Gasteiger partial charge in [0.15, 0.2) is 5.23 Å². The van der Waals surface area contributed by atoms with Gasteiger partial charge in [-0.3, -0.25) is 0 Å². The van der Waals surface area contributed by atoms with Gasteiger partial charge >= 0.3 is 0 Å². The average Bonchev–Trinajstić information content (AvgIpc) is 2.36. The van der Waals surface area contributed by atoms with E-state index in [0.29, 0.717) is 0 Å². The first-order valence-electron chi connectivity index (χ1n) is 3.15. The van der Waals surface area contributed by atoms with Crippen LogP contribution < -0.4 is 0 Å². The standard InChI is InChI=1S/C7H9NOS3/c1-12(2,5-9)8-6-3-11-4-7(6)10/h3-4,10H,1-2H3. The monoisotopic (exact) mass is 219 g/mol. The van der Waals surface area contributed by atoms with Crippen molar-refractivity contribution in [2.75, 3.05) is 12.5 Å². The molecule has 2 nitrogen and oxygen atoms in total. The molecule has 1 heterocycles. The van der Waals surface area contributed by atoms with Crippen molar-refractivity contribution in [3.8, 4) is 0 Å². The van der Waals surface area contributed by atoms with E-state index in [1.54, 1.807) is 12.5 Å². The summed E-state index contributed by atoms with van der Waals surface area (Å²) in [6, 6.07) is 0. The second kappa shape index (κ2) is 3.66. The predicted molar refractivity (Wildman–Crippen MR) is 58.6 cm³/mol. The summed E-state index contributed by atoms with van der Waals surface area (Å²) < 4.78 is 4.26. The van der Waals surface area contributed by atoms with Crippen LogP contribution in [0.3, 0.4) is 0 Å². The molecular formula is C7H9NOS3. The average molecular weight is 219 g/mol. The van der Waals surface area contributed by atoms with Crippen LogP contribution >= 0.6 is 24.0 Å². The van der Waals surface area contributed by atoms with E-state index < -0.39 is 9.41 Å². The molecule has 0 fully saturated rings. The molecule has 0 unspecified atom stereocenters. The molecule has 0 amide bonds. The molecule has 0 bridgehead atoms. The summed E-state index contributed by atoms with van der Waals surface area (Å²) in [5, 5.41) is 5.72. The van der Waals surface area contributed by atoms with Gasteiger partial charge in [-0.05, 0) is 12.5 Å². The van der Waals surface area contributed by atoms with Crippen LogP contribution in [0.15, 0.2) is 20.0 Å². The third kappa shape index (κ3) is 2.38. The number of carbonyl (C=O) groups excluding carboxylic acids is 1. The molecule has 0 radical (unpaired) electrons. The highest BCUT2D eigenvalue weighted by atomic mass is 32.2. The van der Waals surface area contributed by atoms with Crippen LogP contribution in [0.1, 0.15) is 0 Å². The van der Waals surface area contributed by atoms with Gasteiger partial charge < -0.3 is 0 Å². The van der Waals surface area contributed by atoms with Gasteiger partial charge in [-0.15, -0.1) is 24.0 Å². The quantitative estimate of drug-likeness (QED) is 0.570. The lowest BCUT2D eigenvalue weighted by atomic mass is 10.6. The molecule has 1 aromatic rings. The van der Waals surface area contributed by atoms with Crippen LogP contribution in [0.2, 0.25) is 0 Å². The lowest BCUT2D eigenvalue weighted by Crippen LogP contribution is -1.90. The van der Waals surface area contributed by atoms with Gasteiger partial charge in [-0.25, -0.2) is 9.16 Å². The molecule has 0 aliphatic rings. The highest BCUT2D eigenvalue weighted by molar-refractivity contribution is 8.01. The zero-order valence-corrected chi connectivity index (χ0v) is 9.30. The Kier molecular flexibility index (Phi) is 3.01. The molecule has 0 aromatic carbocycles. The van der Waals surface area contributed by atoms with Crippen molar-refractivity contribution >= 4 is 44.3 Å². The topological polar surface area (TPSA) is 29.4 Å². The van der Waals surface area contributed by atoms with E-state index in [-0.39, 0.29) is 0 Å². The molecular weight excluding hydrogens is 210 g/mol. The Morgan fingerprint density at radius 3 is 2.67 bits per heavy atom. The van der Waals surface area contributed by atoms with Crippen LogP contribution in [-0.4, -0.2) is 17.7 Å². The molecule has 0 N–H and O–H groups in total. The van der Waals surface area contributed by atoms with Crippen molar-refractivity contribution in [1.29, 1.82) is 0 Å². The third-order valence-electron chi connectivity index (χ3n) is 1.15. The van der Waals surface area contributed by atoms with Crippen LogP contribution in [0.25, 0.3) is 0 Å². The minimum atomic E-state index is -1.59. The Morgan fingerprint density at radius 2 is 2.25 bits per heavy atom. The summed E-state index contributed by atoms with van der Waals surface area (Å²) in [6.45, 7) is 0. The van der Waals surface area contributed by atoms with E-state index in [9.17, 15) is 4.79 Å². The summed E-state index contributed by atoms with van der Waals surface area (Å²) in [5.41, 5.74) is 0.798. The van der Waals surface area contributed by atoms with Crippen LogP contribution in [-0.2, 0) is 14.2 Å². The number of rotatable bonds is 1. The van der Waals surface area contributed by atoms with Gasteiger partial charge in [0.2, 0.25) is 0 Å². The fraction of sp³-hybridized carbons (Fsp3) is 0.286. The second-order valence-electron chi connectivity index (χ2n) is 2.59. The Labute approximate surface area is 81.7 Å². The largest absolute Gasteiger partial charge is 0.226 e. The fourth-order valence-corrected chi connectivity index (χ4v) is 2.44. The molecule has 0 spiro atoms.